The molecule has 1 unspecified atom stereocenters. The summed E-state index contributed by atoms with van der Waals surface area (Å²) in [6.45, 7) is 4.01. The minimum atomic E-state index is -3.76. The van der Waals surface area contributed by atoms with Gasteiger partial charge in [-0.05, 0) is 90.9 Å². The number of halogens is 2. The Balaban J connectivity index is 1.61. The Hall–Kier alpha value is -4.90. The van der Waals surface area contributed by atoms with Crippen molar-refractivity contribution in [1.82, 2.24) is 10.3 Å². The van der Waals surface area contributed by atoms with Crippen LogP contribution in [0.5, 0.6) is 0 Å². The average Bonchev–Trinajstić information content (AvgIpc) is 3.31. The molecule has 0 fully saturated rings. The second-order valence-electron chi connectivity index (χ2n) is 11.5. The fourth-order valence-electron chi connectivity index (χ4n) is 5.87. The Labute approximate surface area is 265 Å². The SMILES string of the molecule is CNC(=O)c1c(-c2ccc(F)cc2)oc2cc(N(C)S(C)(=O)=O)c(-c3ccc(F)c(C4=Nc5nccc(C)c5CCC4C)c3)cc12. The van der Waals surface area contributed by atoms with Crippen molar-refractivity contribution in [3.05, 3.63) is 101 Å². The van der Waals surface area contributed by atoms with E-state index in [1.807, 2.05) is 19.9 Å². The molecule has 1 atom stereocenters. The molecule has 3 aromatic carbocycles. The van der Waals surface area contributed by atoms with E-state index in [2.05, 4.69) is 10.3 Å². The van der Waals surface area contributed by atoms with Crippen molar-refractivity contribution in [2.75, 3.05) is 24.7 Å². The predicted octanol–water partition coefficient (Wildman–Crippen LogP) is 7.21. The minimum Gasteiger partial charge on any atom is -0.455 e. The van der Waals surface area contributed by atoms with Crippen LogP contribution in [-0.2, 0) is 16.4 Å². The van der Waals surface area contributed by atoms with Crippen LogP contribution in [0.1, 0.15) is 40.4 Å². The van der Waals surface area contributed by atoms with E-state index in [9.17, 15) is 17.6 Å². The van der Waals surface area contributed by atoms with Gasteiger partial charge in [-0.25, -0.2) is 27.2 Å². The number of nitrogens with zero attached hydrogens (tertiary/aromatic N) is 3. The van der Waals surface area contributed by atoms with Crippen molar-refractivity contribution in [1.29, 1.82) is 0 Å². The maximum atomic E-state index is 15.7. The number of aromatic nitrogens is 1. The highest BCUT2D eigenvalue weighted by molar-refractivity contribution is 7.92. The van der Waals surface area contributed by atoms with E-state index in [0.717, 1.165) is 34.5 Å². The Kier molecular flexibility index (Phi) is 7.97. The van der Waals surface area contributed by atoms with Gasteiger partial charge in [0, 0.05) is 48.4 Å². The number of nitrogens with one attached hydrogen (secondary N) is 1. The lowest BCUT2D eigenvalue weighted by atomic mass is 9.90. The van der Waals surface area contributed by atoms with E-state index in [4.69, 9.17) is 9.41 Å². The molecule has 1 amide bonds. The van der Waals surface area contributed by atoms with Gasteiger partial charge < -0.3 is 9.73 Å². The zero-order valence-corrected chi connectivity index (χ0v) is 26.8. The van der Waals surface area contributed by atoms with Gasteiger partial charge in [0.25, 0.3) is 5.91 Å². The molecule has 8 nitrogen and oxygen atoms in total. The van der Waals surface area contributed by atoms with Crippen molar-refractivity contribution in [2.45, 2.75) is 26.7 Å². The summed E-state index contributed by atoms with van der Waals surface area (Å²) in [6, 6.07) is 15.2. The summed E-state index contributed by atoms with van der Waals surface area (Å²) in [5.41, 5.74) is 5.02. The topological polar surface area (TPSA) is 105 Å². The van der Waals surface area contributed by atoms with Crippen LogP contribution in [0.25, 0.3) is 33.4 Å². The van der Waals surface area contributed by atoms with Gasteiger partial charge in [0.1, 0.15) is 23.0 Å². The van der Waals surface area contributed by atoms with Crippen LogP contribution >= 0.6 is 0 Å². The lowest BCUT2D eigenvalue weighted by Gasteiger charge is -2.21. The number of benzene rings is 3. The second kappa shape index (κ2) is 11.8. The molecule has 5 aromatic rings. The smallest absolute Gasteiger partial charge is 0.255 e. The molecule has 0 spiro atoms. The number of fused-ring (bicyclic) bond motifs is 2. The first-order valence-electron chi connectivity index (χ1n) is 14.7. The van der Waals surface area contributed by atoms with Crippen LogP contribution in [0.4, 0.5) is 20.3 Å². The molecule has 3 heterocycles. The third-order valence-electron chi connectivity index (χ3n) is 8.54. The lowest BCUT2D eigenvalue weighted by molar-refractivity contribution is 0.0964. The van der Waals surface area contributed by atoms with Crippen LogP contribution in [-0.4, -0.2) is 45.4 Å². The molecule has 0 saturated heterocycles. The quantitative estimate of drug-likeness (QED) is 0.211. The molecule has 0 bridgehead atoms. The number of carbonyl (C=O) groups excluding carboxylic acids is 1. The monoisotopic (exact) mass is 642 g/mol. The van der Waals surface area contributed by atoms with Gasteiger partial charge >= 0.3 is 0 Å². The molecule has 0 radical (unpaired) electrons. The van der Waals surface area contributed by atoms with E-state index >= 15 is 4.39 Å². The Morgan fingerprint density at radius 2 is 1.74 bits per heavy atom. The van der Waals surface area contributed by atoms with E-state index in [-0.39, 0.29) is 34.1 Å². The highest BCUT2D eigenvalue weighted by Gasteiger charge is 2.28. The normalized spacial score (nSPS) is 14.8. The molecule has 1 N–H and O–H groups in total. The van der Waals surface area contributed by atoms with Gasteiger partial charge in [-0.2, -0.15) is 0 Å². The van der Waals surface area contributed by atoms with Gasteiger partial charge in [-0.3, -0.25) is 9.10 Å². The first-order valence-corrected chi connectivity index (χ1v) is 16.6. The van der Waals surface area contributed by atoms with Gasteiger partial charge in [0.2, 0.25) is 10.0 Å². The summed E-state index contributed by atoms with van der Waals surface area (Å²) in [7, 11) is -0.865. The van der Waals surface area contributed by atoms with E-state index in [1.165, 1.54) is 44.4 Å². The second-order valence-corrected chi connectivity index (χ2v) is 13.6. The van der Waals surface area contributed by atoms with Crippen molar-refractivity contribution >= 4 is 44.1 Å². The Bertz CT molecular complexity index is 2160. The summed E-state index contributed by atoms with van der Waals surface area (Å²) in [6.07, 6.45) is 4.26. The molecule has 2 aromatic heterocycles. The number of hydrogen-bond donors (Lipinski definition) is 1. The van der Waals surface area contributed by atoms with E-state index in [0.29, 0.717) is 33.6 Å². The molecule has 0 aliphatic carbocycles. The number of hydrogen-bond acceptors (Lipinski definition) is 6. The van der Waals surface area contributed by atoms with Crippen LogP contribution in [0.3, 0.4) is 0 Å². The molecule has 0 saturated carbocycles. The van der Waals surface area contributed by atoms with Crippen LogP contribution < -0.4 is 9.62 Å². The van der Waals surface area contributed by atoms with Crippen molar-refractivity contribution in [2.24, 2.45) is 10.9 Å². The third kappa shape index (κ3) is 5.55. The molecule has 46 heavy (non-hydrogen) atoms. The molecule has 1 aliphatic heterocycles. The van der Waals surface area contributed by atoms with Crippen LogP contribution in [0, 0.1) is 24.5 Å². The molecule has 1 aliphatic rings. The first kappa shape index (κ1) is 31.1. The van der Waals surface area contributed by atoms with E-state index in [1.54, 1.807) is 30.5 Å². The van der Waals surface area contributed by atoms with Crippen LogP contribution in [0.15, 0.2) is 76.3 Å². The lowest BCUT2D eigenvalue weighted by Crippen LogP contribution is -2.25. The number of aryl methyl sites for hydroxylation is 1. The zero-order chi connectivity index (χ0) is 32.9. The van der Waals surface area contributed by atoms with Gasteiger partial charge in [-0.1, -0.05) is 13.0 Å². The number of rotatable bonds is 6. The summed E-state index contributed by atoms with van der Waals surface area (Å²) in [5.74, 6) is -0.707. The number of pyridine rings is 1. The number of carbonyl (C=O) groups is 1. The predicted molar refractivity (Wildman–Crippen MR) is 176 cm³/mol. The molecule has 6 rings (SSSR count). The summed E-state index contributed by atoms with van der Waals surface area (Å²) in [5, 5.41) is 3.04. The third-order valence-corrected chi connectivity index (χ3v) is 9.74. The van der Waals surface area contributed by atoms with Crippen LogP contribution in [0.2, 0.25) is 0 Å². The fraction of sp³-hybridized carbons (Fsp3) is 0.229. The standard InChI is InChI=1S/C35H32F2N4O4S/c1-19-14-15-39-34-24(19)12-6-20(2)32(40-34)26-16-22(9-13-28(26)37)25-17-27-30(18-29(25)41(4)46(5,43)44)45-33(31(27)35(42)38-3)21-7-10-23(36)11-8-21/h7-11,13-18,20H,6,12H2,1-5H3,(H,38,42). The number of furan rings is 1. The molecule has 236 valence electrons. The molecular weight excluding hydrogens is 610 g/mol. The highest BCUT2D eigenvalue weighted by atomic mass is 32.2. The van der Waals surface area contributed by atoms with Gasteiger partial charge in [-0.15, -0.1) is 0 Å². The Morgan fingerprint density at radius 3 is 2.43 bits per heavy atom. The maximum absolute atomic E-state index is 15.7. The Morgan fingerprint density at radius 1 is 1.02 bits per heavy atom. The van der Waals surface area contributed by atoms with Gasteiger partial charge in [0.05, 0.1) is 23.2 Å². The van der Waals surface area contributed by atoms with Crippen molar-refractivity contribution in [3.8, 4) is 22.5 Å². The molecule has 11 heteroatoms. The number of anilines is 1. The maximum Gasteiger partial charge on any atom is 0.255 e. The zero-order valence-electron chi connectivity index (χ0n) is 26.0. The largest absolute Gasteiger partial charge is 0.455 e. The van der Waals surface area contributed by atoms with Gasteiger partial charge in [0.15, 0.2) is 5.82 Å². The summed E-state index contributed by atoms with van der Waals surface area (Å²) in [4.78, 5) is 22.6. The summed E-state index contributed by atoms with van der Waals surface area (Å²) < 4.78 is 62.4. The van der Waals surface area contributed by atoms with Crippen molar-refractivity contribution in [3.63, 3.8) is 0 Å². The average molecular weight is 643 g/mol. The van der Waals surface area contributed by atoms with E-state index < -0.39 is 27.6 Å². The fourth-order valence-corrected chi connectivity index (χ4v) is 6.38. The number of aliphatic imine (C=N–C) groups is 1. The molecular formula is C35H32F2N4O4S. The number of sulfonamides is 1. The number of amides is 1. The first-order chi connectivity index (χ1) is 21.9. The minimum absolute atomic E-state index is 0.0917. The highest BCUT2D eigenvalue weighted by Crippen LogP contribution is 2.42. The summed E-state index contributed by atoms with van der Waals surface area (Å²) >= 11 is 0. The van der Waals surface area contributed by atoms with Crippen molar-refractivity contribution < 1.29 is 26.4 Å².